The monoisotopic (exact) mass is 305 g/mol. The molecule has 23 heavy (non-hydrogen) atoms. The summed E-state index contributed by atoms with van der Waals surface area (Å²) in [6.45, 7) is 2.06. The number of nitrogens with zero attached hydrogens (tertiary/aromatic N) is 3. The summed E-state index contributed by atoms with van der Waals surface area (Å²) in [6.07, 6.45) is 4.09. The third-order valence-corrected chi connectivity index (χ3v) is 4.18. The number of para-hydroxylation sites is 1. The van der Waals surface area contributed by atoms with Crippen LogP contribution in [0.2, 0.25) is 0 Å². The molecule has 1 aliphatic rings. The Morgan fingerprint density at radius 2 is 2.00 bits per heavy atom. The average molecular weight is 305 g/mol. The maximum atomic E-state index is 11.2. The van der Waals surface area contributed by atoms with Crippen molar-refractivity contribution in [2.75, 3.05) is 0 Å². The van der Waals surface area contributed by atoms with E-state index in [4.69, 9.17) is 4.74 Å². The van der Waals surface area contributed by atoms with Crippen LogP contribution in [0.5, 0.6) is 5.75 Å². The molecule has 1 aliphatic heterocycles. The first-order valence-corrected chi connectivity index (χ1v) is 7.49. The minimum Gasteiger partial charge on any atom is -0.483 e. The van der Waals surface area contributed by atoms with Crippen molar-refractivity contribution < 1.29 is 9.53 Å². The second-order valence-electron chi connectivity index (χ2n) is 5.54. The Morgan fingerprint density at radius 1 is 1.13 bits per heavy atom. The highest BCUT2D eigenvalue weighted by Gasteiger charge is 2.34. The first-order valence-electron chi connectivity index (χ1n) is 7.49. The van der Waals surface area contributed by atoms with Gasteiger partial charge in [0, 0.05) is 18.0 Å². The highest BCUT2D eigenvalue weighted by atomic mass is 16.5. The van der Waals surface area contributed by atoms with E-state index in [1.54, 1.807) is 18.5 Å². The molecule has 0 radical (unpaired) electrons. The van der Waals surface area contributed by atoms with E-state index < -0.39 is 0 Å². The summed E-state index contributed by atoms with van der Waals surface area (Å²) in [7, 11) is 0. The first kappa shape index (κ1) is 13.7. The van der Waals surface area contributed by atoms with Crippen LogP contribution in [0.15, 0.2) is 54.9 Å². The summed E-state index contributed by atoms with van der Waals surface area (Å²) in [5, 5.41) is 4.40. The maximum Gasteiger partial charge on any atom is 0.153 e. The Morgan fingerprint density at radius 3 is 2.87 bits per heavy atom. The van der Waals surface area contributed by atoms with E-state index in [1.807, 2.05) is 41.1 Å². The molecule has 0 bridgehead atoms. The molecule has 4 rings (SSSR count). The van der Waals surface area contributed by atoms with E-state index in [0.29, 0.717) is 11.3 Å². The lowest BCUT2D eigenvalue weighted by atomic mass is 9.96. The van der Waals surface area contributed by atoms with E-state index in [-0.39, 0.29) is 12.1 Å². The summed E-state index contributed by atoms with van der Waals surface area (Å²) >= 11 is 0. The molecule has 2 unspecified atom stereocenters. The summed E-state index contributed by atoms with van der Waals surface area (Å²) in [6, 6.07) is 13.1. The van der Waals surface area contributed by atoms with Crippen molar-refractivity contribution in [3.63, 3.8) is 0 Å². The van der Waals surface area contributed by atoms with Crippen molar-refractivity contribution in [3.8, 4) is 17.1 Å². The Labute approximate surface area is 133 Å². The van der Waals surface area contributed by atoms with E-state index in [1.165, 1.54) is 0 Å². The molecule has 114 valence electrons. The normalized spacial score (nSPS) is 18.8. The summed E-state index contributed by atoms with van der Waals surface area (Å²) in [5.41, 5.74) is 3.40. The van der Waals surface area contributed by atoms with Gasteiger partial charge in [-0.1, -0.05) is 18.2 Å². The number of aromatic nitrogens is 3. The van der Waals surface area contributed by atoms with Crippen LogP contribution in [0, 0.1) is 0 Å². The molecule has 5 nitrogen and oxygen atoms in total. The van der Waals surface area contributed by atoms with Gasteiger partial charge in [0.05, 0.1) is 23.0 Å². The highest BCUT2D eigenvalue weighted by molar-refractivity contribution is 5.79. The largest absolute Gasteiger partial charge is 0.483 e. The molecule has 3 heterocycles. The molecule has 0 saturated carbocycles. The number of aldehydes is 1. The number of ether oxygens (including phenoxy) is 1. The Bertz CT molecular complexity index is 872. The van der Waals surface area contributed by atoms with Crippen molar-refractivity contribution in [1.29, 1.82) is 0 Å². The summed E-state index contributed by atoms with van der Waals surface area (Å²) in [5.74, 6) is 0.574. The van der Waals surface area contributed by atoms with Crippen LogP contribution < -0.4 is 4.74 Å². The maximum absolute atomic E-state index is 11.2. The molecule has 0 N–H and O–H groups in total. The number of benzene rings is 1. The predicted octanol–water partition coefficient (Wildman–Crippen LogP) is 3.45. The molecular weight excluding hydrogens is 290 g/mol. The van der Waals surface area contributed by atoms with Crippen molar-refractivity contribution in [1.82, 2.24) is 14.8 Å². The number of fused-ring (bicyclic) bond motifs is 3. The topological polar surface area (TPSA) is 57.0 Å². The van der Waals surface area contributed by atoms with Crippen molar-refractivity contribution in [2.24, 2.45) is 0 Å². The van der Waals surface area contributed by atoms with Gasteiger partial charge in [0.25, 0.3) is 0 Å². The van der Waals surface area contributed by atoms with Crippen LogP contribution in [-0.2, 0) is 0 Å². The van der Waals surface area contributed by atoms with E-state index in [9.17, 15) is 4.79 Å². The van der Waals surface area contributed by atoms with Gasteiger partial charge in [-0.3, -0.25) is 14.5 Å². The van der Waals surface area contributed by atoms with Gasteiger partial charge >= 0.3 is 0 Å². The highest BCUT2D eigenvalue weighted by Crippen LogP contribution is 2.42. The minimum absolute atomic E-state index is 0.00333. The number of carbonyl (C=O) groups is 1. The minimum atomic E-state index is -0.257. The fourth-order valence-corrected chi connectivity index (χ4v) is 3.06. The molecule has 5 heteroatoms. The Balaban J connectivity index is 1.81. The second kappa shape index (κ2) is 5.35. The fourth-order valence-electron chi connectivity index (χ4n) is 3.06. The fraction of sp³-hybridized carbons (Fsp3) is 0.167. The lowest BCUT2D eigenvalue weighted by Gasteiger charge is -2.32. The zero-order chi connectivity index (χ0) is 15.8. The number of rotatable bonds is 3. The standard InChI is InChI=1S/C18H15N3O2/c1-12-18(23-16-7-3-2-5-13(16)11-22)14-6-4-9-19-17(14)15-8-10-20-21(12)15/h2-12,18H,1H3. The molecule has 2 atom stereocenters. The number of pyridine rings is 1. The van der Waals surface area contributed by atoms with Gasteiger partial charge in [-0.15, -0.1) is 0 Å². The van der Waals surface area contributed by atoms with Crippen molar-refractivity contribution in [3.05, 3.63) is 66.0 Å². The van der Waals surface area contributed by atoms with E-state index >= 15 is 0 Å². The Hall–Kier alpha value is -2.95. The van der Waals surface area contributed by atoms with Crippen molar-refractivity contribution >= 4 is 6.29 Å². The predicted molar refractivity (Wildman–Crippen MR) is 85.4 cm³/mol. The third-order valence-electron chi connectivity index (χ3n) is 4.18. The SMILES string of the molecule is CC1C(Oc2ccccc2C=O)c2cccnc2-c2ccnn21. The zero-order valence-corrected chi connectivity index (χ0v) is 12.6. The van der Waals surface area contributed by atoms with Crippen LogP contribution in [0.4, 0.5) is 0 Å². The lowest BCUT2D eigenvalue weighted by molar-refractivity contribution is 0.110. The second-order valence-corrected chi connectivity index (χ2v) is 5.54. The van der Waals surface area contributed by atoms with Crippen molar-refractivity contribution in [2.45, 2.75) is 19.1 Å². The molecular formula is C18H15N3O2. The average Bonchev–Trinajstić information content (AvgIpc) is 3.09. The number of hydrogen-bond acceptors (Lipinski definition) is 4. The smallest absolute Gasteiger partial charge is 0.153 e. The van der Waals surface area contributed by atoms with Gasteiger partial charge in [-0.05, 0) is 31.2 Å². The molecule has 1 aromatic carbocycles. The number of hydrogen-bond donors (Lipinski definition) is 0. The molecule has 0 fully saturated rings. The van der Waals surface area contributed by atoms with Crippen LogP contribution in [-0.4, -0.2) is 21.1 Å². The Kier molecular flexibility index (Phi) is 3.19. The molecule has 0 saturated heterocycles. The number of carbonyl (C=O) groups excluding carboxylic acids is 1. The molecule has 0 aliphatic carbocycles. The van der Waals surface area contributed by atoms with E-state index in [2.05, 4.69) is 17.0 Å². The van der Waals surface area contributed by atoms with E-state index in [0.717, 1.165) is 23.2 Å². The quantitative estimate of drug-likeness (QED) is 0.695. The summed E-state index contributed by atoms with van der Waals surface area (Å²) in [4.78, 5) is 15.7. The van der Waals surface area contributed by atoms with Gasteiger partial charge in [-0.2, -0.15) is 5.10 Å². The van der Waals surface area contributed by atoms with Crippen LogP contribution in [0.25, 0.3) is 11.4 Å². The first-order chi connectivity index (χ1) is 11.3. The van der Waals surface area contributed by atoms with Gasteiger partial charge < -0.3 is 4.74 Å². The third kappa shape index (κ3) is 2.12. The molecule has 2 aromatic heterocycles. The summed E-state index contributed by atoms with van der Waals surface area (Å²) < 4.78 is 8.13. The van der Waals surface area contributed by atoms with Gasteiger partial charge in [0.1, 0.15) is 11.9 Å². The van der Waals surface area contributed by atoms with Crippen LogP contribution >= 0.6 is 0 Å². The zero-order valence-electron chi connectivity index (χ0n) is 12.6. The van der Waals surface area contributed by atoms with Gasteiger partial charge in [0.2, 0.25) is 0 Å². The molecule has 3 aromatic rings. The molecule has 0 amide bonds. The van der Waals surface area contributed by atoms with Gasteiger partial charge in [-0.25, -0.2) is 0 Å². The van der Waals surface area contributed by atoms with Crippen LogP contribution in [0.1, 0.15) is 35.0 Å². The molecule has 0 spiro atoms. The van der Waals surface area contributed by atoms with Gasteiger partial charge in [0.15, 0.2) is 6.29 Å². The lowest BCUT2D eigenvalue weighted by Crippen LogP contribution is -2.27. The van der Waals surface area contributed by atoms with Crippen LogP contribution in [0.3, 0.4) is 0 Å².